The maximum atomic E-state index is 13.4. The lowest BCUT2D eigenvalue weighted by molar-refractivity contribution is -0.137. The van der Waals surface area contributed by atoms with Gasteiger partial charge in [0.1, 0.15) is 5.82 Å². The lowest BCUT2D eigenvalue weighted by Gasteiger charge is -2.21. The quantitative estimate of drug-likeness (QED) is 0.436. The van der Waals surface area contributed by atoms with E-state index in [-0.39, 0.29) is 41.5 Å². The van der Waals surface area contributed by atoms with Crippen LogP contribution in [0.3, 0.4) is 0 Å². The number of benzene rings is 2. The molecule has 1 aromatic heterocycles. The fraction of sp³-hybridized carbons (Fsp3) is 0.143. The van der Waals surface area contributed by atoms with Crippen molar-refractivity contribution >= 4 is 40.9 Å². The Bertz CT molecular complexity index is 1150. The Morgan fingerprint density at radius 1 is 1.09 bits per heavy atom. The zero-order valence-electron chi connectivity index (χ0n) is 16.4. The second kappa shape index (κ2) is 10.0. The number of nitrogens with zero attached hydrogens (tertiary/aromatic N) is 2. The molecule has 0 aliphatic carbocycles. The summed E-state index contributed by atoms with van der Waals surface area (Å²) in [5.74, 6) is -4.74. The zero-order valence-corrected chi connectivity index (χ0v) is 17.2. The molecule has 0 radical (unpaired) electrons. The molecule has 166 valence electrons. The minimum atomic E-state index is -1.24. The van der Waals surface area contributed by atoms with Crippen LogP contribution >= 0.6 is 11.6 Å². The molecule has 0 unspecified atom stereocenters. The second-order valence-corrected chi connectivity index (χ2v) is 7.06. The van der Waals surface area contributed by atoms with Gasteiger partial charge in [-0.2, -0.15) is 5.10 Å². The summed E-state index contributed by atoms with van der Waals surface area (Å²) in [6.45, 7) is 0.133. The highest BCUT2D eigenvalue weighted by atomic mass is 35.5. The van der Waals surface area contributed by atoms with Crippen molar-refractivity contribution in [3.05, 3.63) is 76.4 Å². The second-order valence-electron chi connectivity index (χ2n) is 6.66. The number of anilines is 2. The Morgan fingerprint density at radius 3 is 2.47 bits per heavy atom. The Hall–Kier alpha value is -3.79. The highest BCUT2D eigenvalue weighted by Gasteiger charge is 2.22. The summed E-state index contributed by atoms with van der Waals surface area (Å²) in [5, 5.41) is 17.3. The molecule has 3 N–H and O–H groups in total. The molecule has 0 atom stereocenters. The van der Waals surface area contributed by atoms with Crippen LogP contribution < -0.4 is 10.2 Å². The molecule has 0 saturated heterocycles. The van der Waals surface area contributed by atoms with E-state index in [1.807, 2.05) is 0 Å². The highest BCUT2D eigenvalue weighted by molar-refractivity contribution is 6.34. The van der Waals surface area contributed by atoms with Gasteiger partial charge in [0.05, 0.1) is 10.6 Å². The van der Waals surface area contributed by atoms with Crippen molar-refractivity contribution in [3.8, 4) is 0 Å². The number of nitrogens with one attached hydrogen (secondary N) is 2. The van der Waals surface area contributed by atoms with Gasteiger partial charge in [-0.3, -0.25) is 19.5 Å². The van der Waals surface area contributed by atoms with Crippen LogP contribution in [0.4, 0.5) is 20.3 Å². The molecule has 8 nitrogen and oxygen atoms in total. The summed E-state index contributed by atoms with van der Waals surface area (Å²) >= 11 is 5.80. The van der Waals surface area contributed by atoms with E-state index in [2.05, 4.69) is 15.5 Å². The number of aliphatic carboxylic acids is 1. The van der Waals surface area contributed by atoms with Crippen LogP contribution in [0.2, 0.25) is 5.02 Å². The van der Waals surface area contributed by atoms with E-state index in [0.29, 0.717) is 17.8 Å². The number of carbonyl (C=O) groups is 3. The average molecular weight is 463 g/mol. The summed E-state index contributed by atoms with van der Waals surface area (Å²) in [6.07, 6.45) is 0.103. The van der Waals surface area contributed by atoms with Gasteiger partial charge < -0.3 is 15.3 Å². The monoisotopic (exact) mass is 462 g/mol. The van der Waals surface area contributed by atoms with Crippen LogP contribution in [0.25, 0.3) is 0 Å². The number of halogens is 3. The lowest BCUT2D eigenvalue weighted by Crippen LogP contribution is -2.32. The van der Waals surface area contributed by atoms with E-state index in [1.54, 1.807) is 30.3 Å². The van der Waals surface area contributed by atoms with E-state index >= 15 is 0 Å². The first-order chi connectivity index (χ1) is 15.3. The molecule has 32 heavy (non-hydrogen) atoms. The Labute approximate surface area is 185 Å². The van der Waals surface area contributed by atoms with Gasteiger partial charge in [-0.15, -0.1) is 0 Å². The molecule has 0 fully saturated rings. The van der Waals surface area contributed by atoms with Crippen LogP contribution in [0.1, 0.15) is 33.7 Å². The normalized spacial score (nSPS) is 10.6. The molecule has 0 bridgehead atoms. The maximum absolute atomic E-state index is 13.4. The van der Waals surface area contributed by atoms with Gasteiger partial charge in [0.25, 0.3) is 11.8 Å². The van der Waals surface area contributed by atoms with Gasteiger partial charge in [-0.1, -0.05) is 29.8 Å². The third kappa shape index (κ3) is 5.46. The number of carboxylic acid groups (broad SMARTS) is 1. The Balaban J connectivity index is 1.77. The first-order valence-electron chi connectivity index (χ1n) is 9.36. The molecule has 2 aromatic carbocycles. The van der Waals surface area contributed by atoms with Gasteiger partial charge >= 0.3 is 5.97 Å². The number of aromatic nitrogens is 2. The first kappa shape index (κ1) is 22.9. The summed E-state index contributed by atoms with van der Waals surface area (Å²) in [6, 6.07) is 11.2. The van der Waals surface area contributed by atoms with Gasteiger partial charge in [0.2, 0.25) is 0 Å². The van der Waals surface area contributed by atoms with E-state index < -0.39 is 29.4 Å². The number of rotatable bonds is 8. The molecule has 0 aliphatic rings. The number of amides is 2. The van der Waals surface area contributed by atoms with Crippen molar-refractivity contribution in [1.29, 1.82) is 0 Å². The van der Waals surface area contributed by atoms with Crippen LogP contribution in [0.15, 0.2) is 48.5 Å². The molecular weight excluding hydrogens is 446 g/mol. The highest BCUT2D eigenvalue weighted by Crippen LogP contribution is 2.22. The van der Waals surface area contributed by atoms with Crippen molar-refractivity contribution in [1.82, 2.24) is 10.2 Å². The Kier molecular flexibility index (Phi) is 7.16. The first-order valence-corrected chi connectivity index (χ1v) is 9.74. The Morgan fingerprint density at radius 2 is 1.78 bits per heavy atom. The topological polar surface area (TPSA) is 115 Å². The minimum Gasteiger partial charge on any atom is -0.481 e. The maximum Gasteiger partial charge on any atom is 0.303 e. The molecule has 1 heterocycles. The molecule has 0 saturated carbocycles. The SMILES string of the molecule is O=C(O)CCCN(C(=O)c1cc(NC(=O)c2cc(F)c(F)cc2Cl)[nH]n1)c1ccccc1. The van der Waals surface area contributed by atoms with Crippen LogP contribution in [-0.4, -0.2) is 39.6 Å². The third-order valence-corrected chi connectivity index (χ3v) is 4.70. The number of hydrogen-bond donors (Lipinski definition) is 3. The summed E-state index contributed by atoms with van der Waals surface area (Å²) < 4.78 is 26.7. The van der Waals surface area contributed by atoms with Crippen LogP contribution in [0.5, 0.6) is 0 Å². The smallest absolute Gasteiger partial charge is 0.303 e. The summed E-state index contributed by atoms with van der Waals surface area (Å²) in [7, 11) is 0. The fourth-order valence-electron chi connectivity index (χ4n) is 2.86. The number of aromatic amines is 1. The van der Waals surface area contributed by atoms with Crippen molar-refractivity contribution in [2.24, 2.45) is 0 Å². The van der Waals surface area contributed by atoms with Crippen LogP contribution in [-0.2, 0) is 4.79 Å². The van der Waals surface area contributed by atoms with Crippen molar-refractivity contribution in [2.75, 3.05) is 16.8 Å². The van der Waals surface area contributed by atoms with Crippen molar-refractivity contribution in [2.45, 2.75) is 12.8 Å². The van der Waals surface area contributed by atoms with Crippen molar-refractivity contribution < 1.29 is 28.3 Å². The van der Waals surface area contributed by atoms with Crippen LogP contribution in [0, 0.1) is 11.6 Å². The predicted octanol–water partition coefficient (Wildman–Crippen LogP) is 4.11. The summed E-state index contributed by atoms with van der Waals surface area (Å²) in [5.41, 5.74) is 0.202. The molecule has 2 amide bonds. The molecular formula is C21H17ClF2N4O4. The number of para-hydroxylation sites is 1. The average Bonchev–Trinajstić information content (AvgIpc) is 3.22. The molecule has 3 rings (SSSR count). The number of carboxylic acids is 1. The molecule has 0 aliphatic heterocycles. The van der Waals surface area contributed by atoms with E-state index in [9.17, 15) is 23.2 Å². The largest absolute Gasteiger partial charge is 0.481 e. The third-order valence-electron chi connectivity index (χ3n) is 4.39. The number of hydrogen-bond acceptors (Lipinski definition) is 4. The predicted molar refractivity (Wildman–Crippen MR) is 113 cm³/mol. The lowest BCUT2D eigenvalue weighted by atomic mass is 10.2. The van der Waals surface area contributed by atoms with Crippen molar-refractivity contribution in [3.63, 3.8) is 0 Å². The zero-order chi connectivity index (χ0) is 23.3. The van der Waals surface area contributed by atoms with E-state index in [0.717, 1.165) is 0 Å². The molecule has 0 spiro atoms. The van der Waals surface area contributed by atoms with E-state index in [4.69, 9.17) is 16.7 Å². The number of H-pyrrole nitrogens is 1. The fourth-order valence-corrected chi connectivity index (χ4v) is 3.10. The molecule has 3 aromatic rings. The van der Waals surface area contributed by atoms with E-state index in [1.165, 1.54) is 11.0 Å². The minimum absolute atomic E-state index is 0.0256. The number of carbonyl (C=O) groups excluding carboxylic acids is 2. The summed E-state index contributed by atoms with van der Waals surface area (Å²) in [4.78, 5) is 37.6. The molecule has 11 heteroatoms. The van der Waals surface area contributed by atoms with Gasteiger partial charge in [0, 0.05) is 24.7 Å². The van der Waals surface area contributed by atoms with Gasteiger partial charge in [-0.05, 0) is 30.7 Å². The van der Waals surface area contributed by atoms with Gasteiger partial charge in [0.15, 0.2) is 17.3 Å². The standard InChI is InChI=1S/C21H17ClF2N4O4/c22-14-10-16(24)15(23)9-13(14)20(31)25-18-11-17(26-27-18)21(32)28(8-4-7-19(29)30)12-5-2-1-3-6-12/h1-3,5-6,9-11H,4,7-8H2,(H,29,30)(H2,25,26,27,31). The van der Waals surface area contributed by atoms with Gasteiger partial charge in [-0.25, -0.2) is 8.78 Å².